The number of aliphatic carboxylic acids is 1. The molecule has 0 aromatic heterocycles. The fourth-order valence-corrected chi connectivity index (χ4v) is 1.62. The van der Waals surface area contributed by atoms with Gasteiger partial charge < -0.3 is 15.2 Å². The largest absolute Gasteiger partial charge is 0.480 e. The molecule has 1 amide bonds. The van der Waals surface area contributed by atoms with E-state index in [9.17, 15) is 9.59 Å². The van der Waals surface area contributed by atoms with Crippen molar-refractivity contribution in [3.63, 3.8) is 0 Å². The van der Waals surface area contributed by atoms with Crippen LogP contribution in [-0.2, 0) is 14.3 Å². The Hall–Kier alpha value is -1.10. The number of carboxylic acid groups (broad SMARTS) is 1. The molecule has 0 fully saturated rings. The second-order valence-corrected chi connectivity index (χ2v) is 4.38. The van der Waals surface area contributed by atoms with Crippen LogP contribution in [0.25, 0.3) is 0 Å². The summed E-state index contributed by atoms with van der Waals surface area (Å²) in [5.41, 5.74) is 0. The van der Waals surface area contributed by atoms with Gasteiger partial charge >= 0.3 is 5.97 Å². The molecule has 5 heteroatoms. The Bertz CT molecular complexity index is 241. The molecular weight excluding hydrogens is 222 g/mol. The SMILES string of the molecule is CCCC(C(=O)NCCOCC(=O)O)C(C)C. The number of carboxylic acids is 1. The van der Waals surface area contributed by atoms with Gasteiger partial charge in [0.25, 0.3) is 0 Å². The molecule has 2 N–H and O–H groups in total. The molecule has 5 nitrogen and oxygen atoms in total. The van der Waals surface area contributed by atoms with Crippen LogP contribution < -0.4 is 5.32 Å². The molecule has 0 aliphatic carbocycles. The van der Waals surface area contributed by atoms with E-state index in [0.717, 1.165) is 12.8 Å². The molecular formula is C12H23NO4. The molecule has 1 atom stereocenters. The highest BCUT2D eigenvalue weighted by Gasteiger charge is 2.20. The molecule has 0 bridgehead atoms. The van der Waals surface area contributed by atoms with Gasteiger partial charge in [0, 0.05) is 12.5 Å². The summed E-state index contributed by atoms with van der Waals surface area (Å²) in [6, 6.07) is 0. The molecule has 0 saturated heterocycles. The lowest BCUT2D eigenvalue weighted by atomic mass is 9.90. The predicted molar refractivity (Wildman–Crippen MR) is 64.7 cm³/mol. The summed E-state index contributed by atoms with van der Waals surface area (Å²) in [5, 5.41) is 11.1. The van der Waals surface area contributed by atoms with E-state index in [4.69, 9.17) is 9.84 Å². The Balaban J connectivity index is 3.78. The summed E-state index contributed by atoms with van der Waals surface area (Å²) in [5.74, 6) is -0.627. The van der Waals surface area contributed by atoms with E-state index < -0.39 is 5.97 Å². The molecule has 0 aliphatic heterocycles. The van der Waals surface area contributed by atoms with Crippen molar-refractivity contribution in [3.05, 3.63) is 0 Å². The first-order valence-corrected chi connectivity index (χ1v) is 6.06. The van der Waals surface area contributed by atoms with Crippen molar-refractivity contribution in [1.29, 1.82) is 0 Å². The van der Waals surface area contributed by atoms with E-state index in [1.807, 2.05) is 13.8 Å². The maximum atomic E-state index is 11.8. The molecule has 0 spiro atoms. The molecule has 0 rings (SSSR count). The number of nitrogens with one attached hydrogen (secondary N) is 1. The van der Waals surface area contributed by atoms with Crippen LogP contribution in [0.2, 0.25) is 0 Å². The van der Waals surface area contributed by atoms with Crippen molar-refractivity contribution in [2.75, 3.05) is 19.8 Å². The van der Waals surface area contributed by atoms with E-state index in [-0.39, 0.29) is 25.0 Å². The van der Waals surface area contributed by atoms with Gasteiger partial charge in [-0.2, -0.15) is 0 Å². The quantitative estimate of drug-likeness (QED) is 0.600. The first kappa shape index (κ1) is 15.9. The fraction of sp³-hybridized carbons (Fsp3) is 0.833. The van der Waals surface area contributed by atoms with Crippen LogP contribution in [0.15, 0.2) is 0 Å². The molecule has 0 aliphatic rings. The predicted octanol–water partition coefficient (Wildman–Crippen LogP) is 1.28. The zero-order valence-corrected chi connectivity index (χ0v) is 10.9. The normalized spacial score (nSPS) is 12.5. The number of hydrogen-bond donors (Lipinski definition) is 2. The topological polar surface area (TPSA) is 75.6 Å². The molecule has 0 aromatic carbocycles. The molecule has 0 heterocycles. The Morgan fingerprint density at radius 2 is 2.00 bits per heavy atom. The zero-order valence-electron chi connectivity index (χ0n) is 10.9. The molecule has 0 aromatic rings. The standard InChI is InChI=1S/C12H23NO4/c1-4-5-10(9(2)3)12(16)13-6-7-17-8-11(14)15/h9-10H,4-8H2,1-3H3,(H,13,16)(H,14,15). The Morgan fingerprint density at radius 3 is 2.47 bits per heavy atom. The van der Waals surface area contributed by atoms with Gasteiger partial charge in [-0.25, -0.2) is 4.79 Å². The minimum atomic E-state index is -0.998. The Labute approximate surface area is 103 Å². The number of carbonyl (C=O) groups is 2. The second kappa shape index (κ2) is 8.98. The van der Waals surface area contributed by atoms with Crippen molar-refractivity contribution < 1.29 is 19.4 Å². The lowest BCUT2D eigenvalue weighted by Gasteiger charge is -2.19. The minimum Gasteiger partial charge on any atom is -0.480 e. The summed E-state index contributed by atoms with van der Waals surface area (Å²) in [7, 11) is 0. The van der Waals surface area contributed by atoms with Crippen LogP contribution in [0.3, 0.4) is 0 Å². The van der Waals surface area contributed by atoms with Crippen molar-refractivity contribution in [3.8, 4) is 0 Å². The van der Waals surface area contributed by atoms with E-state index in [1.165, 1.54) is 0 Å². The maximum absolute atomic E-state index is 11.8. The maximum Gasteiger partial charge on any atom is 0.329 e. The van der Waals surface area contributed by atoms with Gasteiger partial charge in [-0.3, -0.25) is 4.79 Å². The number of rotatable bonds is 9. The van der Waals surface area contributed by atoms with Crippen molar-refractivity contribution in [2.45, 2.75) is 33.6 Å². The average Bonchev–Trinajstić information content (AvgIpc) is 2.24. The third-order valence-electron chi connectivity index (χ3n) is 2.51. The van der Waals surface area contributed by atoms with Gasteiger partial charge in [0.15, 0.2) is 0 Å². The lowest BCUT2D eigenvalue weighted by molar-refractivity contribution is -0.142. The number of ether oxygens (including phenoxy) is 1. The van der Waals surface area contributed by atoms with E-state index in [2.05, 4.69) is 12.2 Å². The summed E-state index contributed by atoms with van der Waals surface area (Å²) in [6.45, 7) is 6.38. The Morgan fingerprint density at radius 1 is 1.35 bits per heavy atom. The number of hydrogen-bond acceptors (Lipinski definition) is 3. The second-order valence-electron chi connectivity index (χ2n) is 4.38. The van der Waals surface area contributed by atoms with Gasteiger partial charge in [0.1, 0.15) is 6.61 Å². The van der Waals surface area contributed by atoms with Crippen molar-refractivity contribution in [2.24, 2.45) is 11.8 Å². The highest BCUT2D eigenvalue weighted by Crippen LogP contribution is 2.16. The Kier molecular flexibility index (Phi) is 8.40. The first-order valence-electron chi connectivity index (χ1n) is 6.06. The molecule has 0 saturated carbocycles. The molecule has 17 heavy (non-hydrogen) atoms. The minimum absolute atomic E-state index is 0.0273. The number of carbonyl (C=O) groups excluding carboxylic acids is 1. The van der Waals surface area contributed by atoms with Gasteiger partial charge in [-0.05, 0) is 12.3 Å². The number of amides is 1. The van der Waals surface area contributed by atoms with Gasteiger partial charge in [0.05, 0.1) is 6.61 Å². The van der Waals surface area contributed by atoms with Crippen LogP contribution in [-0.4, -0.2) is 36.7 Å². The van der Waals surface area contributed by atoms with Crippen LogP contribution in [0.1, 0.15) is 33.6 Å². The molecule has 1 unspecified atom stereocenters. The highest BCUT2D eigenvalue weighted by atomic mass is 16.5. The third kappa shape index (κ3) is 7.74. The van der Waals surface area contributed by atoms with Crippen LogP contribution in [0.4, 0.5) is 0 Å². The summed E-state index contributed by atoms with van der Waals surface area (Å²) in [6.07, 6.45) is 1.85. The first-order chi connectivity index (χ1) is 7.99. The third-order valence-corrected chi connectivity index (χ3v) is 2.51. The monoisotopic (exact) mass is 245 g/mol. The zero-order chi connectivity index (χ0) is 13.3. The van der Waals surface area contributed by atoms with Gasteiger partial charge in [-0.15, -0.1) is 0 Å². The summed E-state index contributed by atoms with van der Waals surface area (Å²) >= 11 is 0. The van der Waals surface area contributed by atoms with Crippen LogP contribution >= 0.6 is 0 Å². The fourth-order valence-electron chi connectivity index (χ4n) is 1.62. The van der Waals surface area contributed by atoms with Gasteiger partial charge in [0.2, 0.25) is 5.91 Å². The summed E-state index contributed by atoms with van der Waals surface area (Å²) in [4.78, 5) is 22.0. The van der Waals surface area contributed by atoms with E-state index in [1.54, 1.807) is 0 Å². The lowest BCUT2D eigenvalue weighted by Crippen LogP contribution is -2.35. The van der Waals surface area contributed by atoms with Crippen LogP contribution in [0, 0.1) is 11.8 Å². The van der Waals surface area contributed by atoms with E-state index >= 15 is 0 Å². The van der Waals surface area contributed by atoms with E-state index in [0.29, 0.717) is 12.5 Å². The highest BCUT2D eigenvalue weighted by molar-refractivity contribution is 5.78. The van der Waals surface area contributed by atoms with Crippen molar-refractivity contribution in [1.82, 2.24) is 5.32 Å². The van der Waals surface area contributed by atoms with Crippen LogP contribution in [0.5, 0.6) is 0 Å². The average molecular weight is 245 g/mol. The van der Waals surface area contributed by atoms with Gasteiger partial charge in [-0.1, -0.05) is 27.2 Å². The smallest absolute Gasteiger partial charge is 0.329 e. The summed E-state index contributed by atoms with van der Waals surface area (Å²) < 4.78 is 4.83. The van der Waals surface area contributed by atoms with Crippen molar-refractivity contribution >= 4 is 11.9 Å². The molecule has 100 valence electrons. The molecule has 0 radical (unpaired) electrons.